The van der Waals surface area contributed by atoms with Gasteiger partial charge in [-0.1, -0.05) is 26.7 Å². The molecule has 0 saturated heterocycles. The molecule has 0 spiro atoms. The van der Waals surface area contributed by atoms with Gasteiger partial charge in [0.25, 0.3) is 0 Å². The number of carbonyl (C=O) groups is 1. The van der Waals surface area contributed by atoms with Gasteiger partial charge in [-0.05, 0) is 31.6 Å². The predicted molar refractivity (Wildman–Crippen MR) is 98.4 cm³/mol. The fourth-order valence-electron chi connectivity index (χ4n) is 4.20. The van der Waals surface area contributed by atoms with Crippen LogP contribution in [0.15, 0.2) is 0 Å². The van der Waals surface area contributed by atoms with Crippen LogP contribution in [0.5, 0.6) is 0 Å². The van der Waals surface area contributed by atoms with Crippen LogP contribution in [-0.2, 0) is 14.3 Å². The summed E-state index contributed by atoms with van der Waals surface area (Å²) in [5, 5.41) is 3.16. The van der Waals surface area contributed by atoms with E-state index in [2.05, 4.69) is 5.32 Å². The molecule has 142 valence electrons. The zero-order chi connectivity index (χ0) is 17.1. The second kappa shape index (κ2) is 8.35. The lowest BCUT2D eigenvalue weighted by Crippen LogP contribution is -2.76. The third kappa shape index (κ3) is 3.90. The molecule has 2 aliphatic rings. The van der Waals surface area contributed by atoms with Crippen LogP contribution in [0.25, 0.3) is 0 Å². The molecule has 2 saturated carbocycles. The molecule has 0 radical (unpaired) electrons. The average Bonchev–Trinajstić information content (AvgIpc) is 2.99. The molecule has 0 bridgehead atoms. The fraction of sp³-hybridized carbons (Fsp3) is 0.944. The van der Waals surface area contributed by atoms with E-state index in [4.69, 9.17) is 15.2 Å². The zero-order valence-electron chi connectivity index (χ0n) is 15.7. The van der Waals surface area contributed by atoms with E-state index in [1.807, 2.05) is 20.8 Å². The number of hydrogen-bond donors (Lipinski definition) is 2. The van der Waals surface area contributed by atoms with Gasteiger partial charge in [0.15, 0.2) is 0 Å². The van der Waals surface area contributed by atoms with Crippen LogP contribution < -0.4 is 11.1 Å². The molecule has 0 heterocycles. The number of halogens is 1. The van der Waals surface area contributed by atoms with Gasteiger partial charge in [-0.2, -0.15) is 0 Å². The van der Waals surface area contributed by atoms with Crippen LogP contribution in [0.2, 0.25) is 0 Å². The SMILES string of the molecule is CCOC1CC(N)(C(=O)NCC2(CCOC)CCCC2)C1(C)C.Cl. The molecule has 0 aliphatic heterocycles. The Balaban J connectivity index is 0.00000288. The van der Waals surface area contributed by atoms with Crippen LogP contribution >= 0.6 is 12.4 Å². The van der Waals surface area contributed by atoms with Crippen molar-refractivity contribution in [2.24, 2.45) is 16.6 Å². The van der Waals surface area contributed by atoms with Crippen molar-refractivity contribution in [1.29, 1.82) is 0 Å². The van der Waals surface area contributed by atoms with Crippen molar-refractivity contribution in [2.75, 3.05) is 26.9 Å². The zero-order valence-corrected chi connectivity index (χ0v) is 16.5. The number of nitrogens with two attached hydrogens (primary N) is 1. The van der Waals surface area contributed by atoms with Crippen LogP contribution in [0.4, 0.5) is 0 Å². The van der Waals surface area contributed by atoms with Gasteiger partial charge >= 0.3 is 0 Å². The van der Waals surface area contributed by atoms with Crippen molar-refractivity contribution in [3.05, 3.63) is 0 Å². The lowest BCUT2D eigenvalue weighted by Gasteiger charge is -2.57. The van der Waals surface area contributed by atoms with E-state index in [1.165, 1.54) is 25.7 Å². The summed E-state index contributed by atoms with van der Waals surface area (Å²) in [7, 11) is 1.74. The van der Waals surface area contributed by atoms with E-state index in [1.54, 1.807) is 7.11 Å². The summed E-state index contributed by atoms with van der Waals surface area (Å²) in [6, 6.07) is 0. The molecule has 3 N–H and O–H groups in total. The lowest BCUT2D eigenvalue weighted by molar-refractivity contribution is -0.171. The summed E-state index contributed by atoms with van der Waals surface area (Å²) in [6.45, 7) is 8.17. The molecule has 0 aromatic carbocycles. The molecule has 24 heavy (non-hydrogen) atoms. The Morgan fingerprint density at radius 2 is 1.92 bits per heavy atom. The Morgan fingerprint density at radius 3 is 2.42 bits per heavy atom. The highest BCUT2D eigenvalue weighted by Crippen LogP contribution is 2.50. The number of rotatable bonds is 8. The van der Waals surface area contributed by atoms with E-state index in [9.17, 15) is 4.79 Å². The number of amides is 1. The van der Waals surface area contributed by atoms with Crippen LogP contribution in [0.3, 0.4) is 0 Å². The maximum atomic E-state index is 12.8. The fourth-order valence-corrected chi connectivity index (χ4v) is 4.20. The van der Waals surface area contributed by atoms with Gasteiger partial charge in [0.1, 0.15) is 5.54 Å². The van der Waals surface area contributed by atoms with E-state index >= 15 is 0 Å². The first-order valence-corrected chi connectivity index (χ1v) is 8.99. The summed E-state index contributed by atoms with van der Waals surface area (Å²) in [6.07, 6.45) is 6.49. The summed E-state index contributed by atoms with van der Waals surface area (Å²) >= 11 is 0. The summed E-state index contributed by atoms with van der Waals surface area (Å²) in [5.41, 5.74) is 5.49. The van der Waals surface area contributed by atoms with Crippen LogP contribution in [0.1, 0.15) is 59.3 Å². The van der Waals surface area contributed by atoms with E-state index < -0.39 is 5.54 Å². The largest absolute Gasteiger partial charge is 0.385 e. The van der Waals surface area contributed by atoms with Gasteiger partial charge in [0.05, 0.1) is 6.10 Å². The maximum Gasteiger partial charge on any atom is 0.240 e. The standard InChI is InChI=1S/C18H34N2O3.ClH/c1-5-23-14-12-18(19,16(14,2)3)15(21)20-13-17(10-11-22-4)8-6-7-9-17;/h14H,5-13,19H2,1-4H3,(H,20,21);1H. The maximum absolute atomic E-state index is 12.8. The molecular weight excluding hydrogens is 328 g/mol. The summed E-state index contributed by atoms with van der Waals surface area (Å²) < 4.78 is 11.0. The molecule has 0 aromatic rings. The Labute approximate surface area is 152 Å². The Hall–Kier alpha value is -0.360. The minimum Gasteiger partial charge on any atom is -0.385 e. The molecule has 1 amide bonds. The van der Waals surface area contributed by atoms with Crippen molar-refractivity contribution in [3.63, 3.8) is 0 Å². The normalized spacial score (nSPS) is 30.3. The number of methoxy groups -OCH3 is 1. The highest BCUT2D eigenvalue weighted by molar-refractivity contribution is 5.88. The van der Waals surface area contributed by atoms with Gasteiger partial charge in [-0.3, -0.25) is 4.79 Å². The lowest BCUT2D eigenvalue weighted by atomic mass is 9.54. The second-order valence-corrected chi connectivity index (χ2v) is 7.97. The summed E-state index contributed by atoms with van der Waals surface area (Å²) in [5.74, 6) is -0.0258. The third-order valence-corrected chi connectivity index (χ3v) is 6.36. The summed E-state index contributed by atoms with van der Waals surface area (Å²) in [4.78, 5) is 12.8. The van der Waals surface area contributed by atoms with E-state index in [-0.39, 0.29) is 35.2 Å². The van der Waals surface area contributed by atoms with Crippen LogP contribution in [-0.4, -0.2) is 44.4 Å². The first-order chi connectivity index (χ1) is 10.8. The monoisotopic (exact) mass is 362 g/mol. The minimum absolute atomic E-state index is 0. The van der Waals surface area contributed by atoms with Crippen molar-refractivity contribution in [1.82, 2.24) is 5.32 Å². The molecule has 2 aliphatic carbocycles. The van der Waals surface area contributed by atoms with Gasteiger partial charge in [-0.25, -0.2) is 0 Å². The van der Waals surface area contributed by atoms with Gasteiger partial charge < -0.3 is 20.5 Å². The molecule has 5 nitrogen and oxygen atoms in total. The smallest absolute Gasteiger partial charge is 0.240 e. The van der Waals surface area contributed by atoms with Gasteiger partial charge in [0, 0.05) is 38.7 Å². The Morgan fingerprint density at radius 1 is 1.29 bits per heavy atom. The second-order valence-electron chi connectivity index (χ2n) is 7.97. The van der Waals surface area contributed by atoms with Crippen molar-refractivity contribution < 1.29 is 14.3 Å². The average molecular weight is 363 g/mol. The Kier molecular flexibility index (Phi) is 7.54. The molecule has 2 unspecified atom stereocenters. The van der Waals surface area contributed by atoms with Crippen molar-refractivity contribution in [3.8, 4) is 0 Å². The van der Waals surface area contributed by atoms with Gasteiger partial charge in [-0.15, -0.1) is 12.4 Å². The highest BCUT2D eigenvalue weighted by atomic mass is 35.5. The number of ether oxygens (including phenoxy) is 2. The highest BCUT2D eigenvalue weighted by Gasteiger charge is 2.62. The Bertz CT molecular complexity index is 424. The van der Waals surface area contributed by atoms with Crippen molar-refractivity contribution in [2.45, 2.75) is 70.9 Å². The molecule has 2 rings (SSSR count). The first-order valence-electron chi connectivity index (χ1n) is 8.99. The number of carbonyl (C=O) groups excluding carboxylic acids is 1. The van der Waals surface area contributed by atoms with Crippen molar-refractivity contribution >= 4 is 18.3 Å². The quantitative estimate of drug-likeness (QED) is 0.696. The third-order valence-electron chi connectivity index (χ3n) is 6.36. The molecule has 2 atom stereocenters. The molecule has 6 heteroatoms. The van der Waals surface area contributed by atoms with Crippen LogP contribution in [0, 0.1) is 10.8 Å². The van der Waals surface area contributed by atoms with Gasteiger partial charge in [0.2, 0.25) is 5.91 Å². The molecule has 0 aromatic heterocycles. The molecular formula is C18H35ClN2O3. The first kappa shape index (κ1) is 21.7. The van der Waals surface area contributed by atoms with E-state index in [0.717, 1.165) is 13.0 Å². The molecule has 2 fully saturated rings. The number of nitrogens with one attached hydrogen (secondary N) is 1. The van der Waals surface area contributed by atoms with E-state index in [0.29, 0.717) is 19.6 Å². The predicted octanol–water partition coefficient (Wildman–Crippen LogP) is 2.65. The minimum atomic E-state index is -0.826. The number of hydrogen-bond acceptors (Lipinski definition) is 4. The topological polar surface area (TPSA) is 73.6 Å².